The highest BCUT2D eigenvalue weighted by Gasteiger charge is 2.17. The van der Waals surface area contributed by atoms with Crippen molar-refractivity contribution < 1.29 is 9.53 Å². The molecule has 0 fully saturated rings. The second-order valence-electron chi connectivity index (χ2n) is 3.98. The molecule has 102 valence electrons. The minimum Gasteiger partial charge on any atom is -0.382 e. The van der Waals surface area contributed by atoms with Gasteiger partial charge in [-0.15, -0.1) is 0 Å². The van der Waals surface area contributed by atoms with Gasteiger partial charge in [-0.25, -0.2) is 4.98 Å². The van der Waals surface area contributed by atoms with E-state index in [4.69, 9.17) is 10.5 Å². The summed E-state index contributed by atoms with van der Waals surface area (Å²) in [4.78, 5) is 18.5. The third kappa shape index (κ3) is 3.58. The molecule has 0 aliphatic rings. The molecule has 18 heavy (non-hydrogen) atoms. The number of nitrogens with two attached hydrogens (primary N) is 1. The van der Waals surface area contributed by atoms with Gasteiger partial charge in [-0.05, 0) is 13.8 Å². The summed E-state index contributed by atoms with van der Waals surface area (Å²) in [6.45, 7) is 5.16. The van der Waals surface area contributed by atoms with Crippen LogP contribution in [0.5, 0.6) is 0 Å². The van der Waals surface area contributed by atoms with Gasteiger partial charge in [0.25, 0.3) is 5.91 Å². The largest absolute Gasteiger partial charge is 0.382 e. The van der Waals surface area contributed by atoms with E-state index < -0.39 is 0 Å². The number of nitrogens with zero attached hydrogens (tertiary/aromatic N) is 2. The first-order valence-corrected chi connectivity index (χ1v) is 6.59. The quantitative estimate of drug-likeness (QED) is 0.806. The van der Waals surface area contributed by atoms with Crippen molar-refractivity contribution in [3.63, 3.8) is 0 Å². The number of amides is 1. The van der Waals surface area contributed by atoms with Crippen molar-refractivity contribution in [1.29, 1.82) is 0 Å². The molecule has 0 aliphatic carbocycles. The molecule has 6 nitrogen and oxygen atoms in total. The molecule has 1 atom stereocenters. The number of aromatic nitrogens is 1. The van der Waals surface area contributed by atoms with Crippen molar-refractivity contribution in [2.45, 2.75) is 20.0 Å². The van der Waals surface area contributed by atoms with Gasteiger partial charge in [0.2, 0.25) is 0 Å². The molecule has 0 aliphatic heterocycles. The molecule has 1 unspecified atom stereocenters. The zero-order valence-corrected chi connectivity index (χ0v) is 12.0. The molecule has 1 rings (SSSR count). The second kappa shape index (κ2) is 6.55. The van der Waals surface area contributed by atoms with E-state index in [9.17, 15) is 4.79 Å². The Bertz CT molecular complexity index is 408. The molecule has 1 aromatic rings. The van der Waals surface area contributed by atoms with Crippen LogP contribution in [0.25, 0.3) is 0 Å². The van der Waals surface area contributed by atoms with Crippen LogP contribution >= 0.6 is 11.3 Å². The third-order valence-corrected chi connectivity index (χ3v) is 3.79. The molecular formula is C11H20N4O2S. The number of nitrogens with one attached hydrogen (secondary N) is 1. The standard InChI is InChI=1S/C11H20N4O2S/c1-5-15(3)11-14-9(12)8(18-11)10(16)13-6-7(2)17-4/h7H,5-6,12H2,1-4H3,(H,13,16). The van der Waals surface area contributed by atoms with Crippen molar-refractivity contribution in [2.24, 2.45) is 0 Å². The number of carbonyl (C=O) groups excluding carboxylic acids is 1. The Morgan fingerprint density at radius 3 is 2.89 bits per heavy atom. The fourth-order valence-electron chi connectivity index (χ4n) is 1.18. The van der Waals surface area contributed by atoms with Gasteiger partial charge in [-0.1, -0.05) is 11.3 Å². The lowest BCUT2D eigenvalue weighted by molar-refractivity contribution is 0.0874. The number of hydrogen-bond acceptors (Lipinski definition) is 6. The summed E-state index contributed by atoms with van der Waals surface area (Å²) in [5, 5.41) is 3.52. The molecule has 1 aromatic heterocycles. The van der Waals surface area contributed by atoms with E-state index in [0.29, 0.717) is 11.4 Å². The molecule has 0 spiro atoms. The number of nitrogen functional groups attached to an aromatic ring is 1. The van der Waals surface area contributed by atoms with E-state index in [2.05, 4.69) is 10.3 Å². The molecule has 1 amide bonds. The number of methoxy groups -OCH3 is 1. The summed E-state index contributed by atoms with van der Waals surface area (Å²) in [5.74, 6) is 0.0718. The highest BCUT2D eigenvalue weighted by molar-refractivity contribution is 7.18. The Balaban J connectivity index is 2.71. The van der Waals surface area contributed by atoms with Gasteiger partial charge < -0.3 is 20.7 Å². The zero-order valence-electron chi connectivity index (χ0n) is 11.2. The van der Waals surface area contributed by atoms with Crippen molar-refractivity contribution in [3.05, 3.63) is 4.88 Å². The summed E-state index contributed by atoms with van der Waals surface area (Å²) < 4.78 is 5.06. The maximum absolute atomic E-state index is 11.9. The predicted octanol–water partition coefficient (Wildman–Crippen LogP) is 0.946. The molecule has 0 radical (unpaired) electrons. The van der Waals surface area contributed by atoms with Crippen LogP contribution in [-0.4, -0.2) is 44.2 Å². The van der Waals surface area contributed by atoms with Crippen LogP contribution < -0.4 is 16.0 Å². The van der Waals surface area contributed by atoms with Gasteiger partial charge in [-0.2, -0.15) is 0 Å². The van der Waals surface area contributed by atoms with Gasteiger partial charge in [-0.3, -0.25) is 4.79 Å². The van der Waals surface area contributed by atoms with E-state index in [1.54, 1.807) is 7.11 Å². The summed E-state index contributed by atoms with van der Waals surface area (Å²) in [6.07, 6.45) is -0.0270. The fraction of sp³-hybridized carbons (Fsp3) is 0.636. The summed E-state index contributed by atoms with van der Waals surface area (Å²) in [6, 6.07) is 0. The number of rotatable bonds is 6. The number of thiazole rings is 1. The van der Waals surface area contributed by atoms with Crippen LogP contribution in [0.1, 0.15) is 23.5 Å². The average molecular weight is 272 g/mol. The number of hydrogen-bond donors (Lipinski definition) is 2. The number of anilines is 2. The highest BCUT2D eigenvalue weighted by atomic mass is 32.1. The predicted molar refractivity (Wildman–Crippen MR) is 74.3 cm³/mol. The molecule has 3 N–H and O–H groups in total. The first-order valence-electron chi connectivity index (χ1n) is 5.78. The Kier molecular flexibility index (Phi) is 5.36. The number of ether oxygens (including phenoxy) is 1. The van der Waals surface area contributed by atoms with Crippen LogP contribution in [0.3, 0.4) is 0 Å². The lowest BCUT2D eigenvalue weighted by Gasteiger charge is -2.11. The minimum absolute atomic E-state index is 0.0270. The lowest BCUT2D eigenvalue weighted by Crippen LogP contribution is -2.31. The summed E-state index contributed by atoms with van der Waals surface area (Å²) in [5.41, 5.74) is 5.75. The molecule has 0 bridgehead atoms. The molecule has 7 heteroatoms. The Morgan fingerprint density at radius 1 is 1.67 bits per heavy atom. The summed E-state index contributed by atoms with van der Waals surface area (Å²) in [7, 11) is 3.51. The Labute approximate surface area is 111 Å². The van der Waals surface area contributed by atoms with Crippen molar-refractivity contribution in [1.82, 2.24) is 10.3 Å². The van der Waals surface area contributed by atoms with Gasteiger partial charge >= 0.3 is 0 Å². The van der Waals surface area contributed by atoms with Crippen LogP contribution in [0.2, 0.25) is 0 Å². The maximum Gasteiger partial charge on any atom is 0.265 e. The van der Waals surface area contributed by atoms with Gasteiger partial charge in [0.05, 0.1) is 6.10 Å². The first kappa shape index (κ1) is 14.7. The van der Waals surface area contributed by atoms with Gasteiger partial charge in [0.15, 0.2) is 5.13 Å². The zero-order chi connectivity index (χ0) is 13.7. The van der Waals surface area contributed by atoms with E-state index in [-0.39, 0.29) is 17.8 Å². The van der Waals surface area contributed by atoms with Crippen molar-refractivity contribution in [3.8, 4) is 0 Å². The van der Waals surface area contributed by atoms with Crippen LogP contribution in [0.15, 0.2) is 0 Å². The van der Waals surface area contributed by atoms with Crippen LogP contribution in [0.4, 0.5) is 10.9 Å². The second-order valence-corrected chi connectivity index (χ2v) is 4.96. The molecular weight excluding hydrogens is 252 g/mol. The lowest BCUT2D eigenvalue weighted by atomic mass is 10.4. The topological polar surface area (TPSA) is 80.5 Å². The SMILES string of the molecule is CCN(C)c1nc(N)c(C(=O)NCC(C)OC)s1. The summed E-state index contributed by atoms with van der Waals surface area (Å²) >= 11 is 1.30. The van der Waals surface area contributed by atoms with E-state index in [1.165, 1.54) is 11.3 Å². The molecule has 1 heterocycles. The smallest absolute Gasteiger partial charge is 0.265 e. The van der Waals surface area contributed by atoms with Crippen LogP contribution in [0, 0.1) is 0 Å². The molecule has 0 aromatic carbocycles. The van der Waals surface area contributed by atoms with E-state index in [1.807, 2.05) is 25.8 Å². The average Bonchev–Trinajstić information content (AvgIpc) is 2.76. The Morgan fingerprint density at radius 2 is 2.33 bits per heavy atom. The third-order valence-electron chi connectivity index (χ3n) is 2.60. The highest BCUT2D eigenvalue weighted by Crippen LogP contribution is 2.27. The molecule has 0 saturated heterocycles. The van der Waals surface area contributed by atoms with Gasteiger partial charge in [0, 0.05) is 27.2 Å². The maximum atomic E-state index is 11.9. The normalized spacial score (nSPS) is 12.2. The number of carbonyl (C=O) groups is 1. The van der Waals surface area contributed by atoms with Gasteiger partial charge in [0.1, 0.15) is 10.7 Å². The molecule has 0 saturated carbocycles. The van der Waals surface area contributed by atoms with Crippen molar-refractivity contribution >= 4 is 28.2 Å². The fourth-order valence-corrected chi connectivity index (χ4v) is 2.11. The minimum atomic E-state index is -0.204. The van der Waals surface area contributed by atoms with Crippen molar-refractivity contribution in [2.75, 3.05) is 37.9 Å². The Hall–Kier alpha value is -1.34. The monoisotopic (exact) mass is 272 g/mol. The van der Waals surface area contributed by atoms with Crippen LogP contribution in [-0.2, 0) is 4.74 Å². The first-order chi connectivity index (χ1) is 8.49. The van der Waals surface area contributed by atoms with E-state index in [0.717, 1.165) is 11.7 Å². The van der Waals surface area contributed by atoms with E-state index >= 15 is 0 Å².